The van der Waals surface area contributed by atoms with E-state index < -0.39 is 5.76 Å². The van der Waals surface area contributed by atoms with Gasteiger partial charge in [-0.15, -0.1) is 11.6 Å². The summed E-state index contributed by atoms with van der Waals surface area (Å²) in [6, 6.07) is 5.38. The van der Waals surface area contributed by atoms with Crippen molar-refractivity contribution in [1.82, 2.24) is 4.98 Å². The van der Waals surface area contributed by atoms with Crippen LogP contribution in [0.3, 0.4) is 0 Å². The summed E-state index contributed by atoms with van der Waals surface area (Å²) in [5.41, 5.74) is 2.01. The average molecular weight is 270 g/mol. The molecule has 2 aromatic rings. The molecule has 1 aromatic carbocycles. The maximum atomic E-state index is 11.1. The fourth-order valence-electron chi connectivity index (χ4n) is 2.02. The molecule has 0 saturated carbocycles. The van der Waals surface area contributed by atoms with Crippen LogP contribution in [0.5, 0.6) is 0 Å². The average Bonchev–Trinajstić information content (AvgIpc) is 2.78. The number of ether oxygens (including phenoxy) is 2. The lowest BCUT2D eigenvalue weighted by Gasteiger charge is -2.26. The Morgan fingerprint density at radius 2 is 2.28 bits per heavy atom. The molecule has 1 aliphatic heterocycles. The summed E-state index contributed by atoms with van der Waals surface area (Å²) >= 11 is 6.36. The highest BCUT2D eigenvalue weighted by atomic mass is 35.5. The molecule has 1 N–H and O–H groups in total. The largest absolute Gasteiger partial charge is 0.417 e. The van der Waals surface area contributed by atoms with Crippen LogP contribution in [0.25, 0.3) is 11.1 Å². The van der Waals surface area contributed by atoms with Crippen molar-refractivity contribution < 1.29 is 13.9 Å². The number of hydrogen-bond acceptors (Lipinski definition) is 4. The predicted molar refractivity (Wildman–Crippen MR) is 66.0 cm³/mol. The normalized spacial score (nSPS) is 22.2. The van der Waals surface area contributed by atoms with Crippen molar-refractivity contribution in [2.24, 2.45) is 0 Å². The van der Waals surface area contributed by atoms with Crippen molar-refractivity contribution in [3.8, 4) is 0 Å². The lowest BCUT2D eigenvalue weighted by molar-refractivity contribution is -0.0892. The SMILES string of the molecule is O=c1[nH]c2ccc(C(Cl)C3COCCO3)cc2o1. The summed E-state index contributed by atoms with van der Waals surface area (Å²) in [6.45, 7) is 1.63. The molecule has 0 spiro atoms. The Hall–Kier alpha value is -1.30. The molecule has 3 rings (SSSR count). The second-order valence-electron chi connectivity index (χ2n) is 4.16. The van der Waals surface area contributed by atoms with Gasteiger partial charge in [0, 0.05) is 0 Å². The Morgan fingerprint density at radius 1 is 1.39 bits per heavy atom. The highest BCUT2D eigenvalue weighted by molar-refractivity contribution is 6.21. The van der Waals surface area contributed by atoms with E-state index in [1.807, 2.05) is 6.07 Å². The number of nitrogens with one attached hydrogen (secondary N) is 1. The second kappa shape index (κ2) is 4.76. The summed E-state index contributed by atoms with van der Waals surface area (Å²) < 4.78 is 15.9. The fraction of sp³-hybridized carbons (Fsp3) is 0.417. The minimum Gasteiger partial charge on any atom is -0.408 e. The number of H-pyrrole nitrogens is 1. The Balaban J connectivity index is 1.90. The van der Waals surface area contributed by atoms with Gasteiger partial charge in [0.15, 0.2) is 5.58 Å². The quantitative estimate of drug-likeness (QED) is 0.845. The summed E-state index contributed by atoms with van der Waals surface area (Å²) in [7, 11) is 0. The summed E-state index contributed by atoms with van der Waals surface area (Å²) in [4.78, 5) is 13.7. The van der Waals surface area contributed by atoms with E-state index in [4.69, 9.17) is 25.5 Å². The van der Waals surface area contributed by atoms with E-state index in [0.717, 1.165) is 5.56 Å². The van der Waals surface area contributed by atoms with Gasteiger partial charge >= 0.3 is 5.76 Å². The number of alkyl halides is 1. The van der Waals surface area contributed by atoms with Crippen LogP contribution < -0.4 is 5.76 Å². The first kappa shape index (κ1) is 11.8. The van der Waals surface area contributed by atoms with Crippen molar-refractivity contribution >= 4 is 22.7 Å². The van der Waals surface area contributed by atoms with Gasteiger partial charge in [-0.25, -0.2) is 4.79 Å². The van der Waals surface area contributed by atoms with Crippen LogP contribution in [0.15, 0.2) is 27.4 Å². The van der Waals surface area contributed by atoms with Gasteiger partial charge in [-0.3, -0.25) is 4.98 Å². The zero-order valence-corrected chi connectivity index (χ0v) is 10.3. The summed E-state index contributed by atoms with van der Waals surface area (Å²) in [5.74, 6) is -0.467. The minimum absolute atomic E-state index is 0.177. The number of fused-ring (bicyclic) bond motifs is 1. The molecule has 18 heavy (non-hydrogen) atoms. The van der Waals surface area contributed by atoms with E-state index in [0.29, 0.717) is 30.9 Å². The number of rotatable bonds is 2. The third-order valence-corrected chi connectivity index (χ3v) is 3.46. The number of halogens is 1. The van der Waals surface area contributed by atoms with Crippen LogP contribution in [-0.2, 0) is 9.47 Å². The van der Waals surface area contributed by atoms with Gasteiger partial charge in [-0.05, 0) is 17.7 Å². The molecule has 1 aliphatic rings. The van der Waals surface area contributed by atoms with Gasteiger partial charge in [-0.1, -0.05) is 6.07 Å². The van der Waals surface area contributed by atoms with Crippen molar-refractivity contribution in [3.63, 3.8) is 0 Å². The van der Waals surface area contributed by atoms with E-state index in [2.05, 4.69) is 4.98 Å². The molecule has 1 fully saturated rings. The first-order valence-electron chi connectivity index (χ1n) is 5.70. The van der Waals surface area contributed by atoms with Crippen LogP contribution in [0.1, 0.15) is 10.9 Å². The molecule has 6 heteroatoms. The standard InChI is InChI=1S/C12H12ClNO4/c13-11(10-6-16-3-4-17-10)7-1-2-8-9(5-7)18-12(15)14-8/h1-2,5,10-11H,3-4,6H2,(H,14,15). The van der Waals surface area contributed by atoms with Crippen molar-refractivity contribution in [2.45, 2.75) is 11.5 Å². The van der Waals surface area contributed by atoms with E-state index in [9.17, 15) is 4.79 Å². The first-order valence-corrected chi connectivity index (χ1v) is 6.14. The van der Waals surface area contributed by atoms with Crippen molar-refractivity contribution in [1.29, 1.82) is 0 Å². The smallest absolute Gasteiger partial charge is 0.408 e. The Bertz CT molecular complexity index is 599. The molecule has 0 radical (unpaired) electrons. The van der Waals surface area contributed by atoms with Crippen LogP contribution in [-0.4, -0.2) is 30.9 Å². The number of benzene rings is 1. The monoisotopic (exact) mass is 269 g/mol. The Morgan fingerprint density at radius 3 is 3.06 bits per heavy atom. The molecule has 2 heterocycles. The van der Waals surface area contributed by atoms with Gasteiger partial charge in [0.1, 0.15) is 6.10 Å². The zero-order chi connectivity index (χ0) is 12.5. The van der Waals surface area contributed by atoms with E-state index in [1.54, 1.807) is 12.1 Å². The molecular formula is C12H12ClNO4. The molecular weight excluding hydrogens is 258 g/mol. The molecule has 0 bridgehead atoms. The highest BCUT2D eigenvalue weighted by Gasteiger charge is 2.25. The minimum atomic E-state index is -0.467. The first-order chi connectivity index (χ1) is 8.74. The van der Waals surface area contributed by atoms with Gasteiger partial charge in [0.25, 0.3) is 0 Å². The highest BCUT2D eigenvalue weighted by Crippen LogP contribution is 2.29. The topological polar surface area (TPSA) is 64.5 Å². The molecule has 1 aromatic heterocycles. The van der Waals surface area contributed by atoms with Crippen molar-refractivity contribution in [3.05, 3.63) is 34.3 Å². The predicted octanol–water partition coefficient (Wildman–Crippen LogP) is 1.82. The number of oxazole rings is 1. The molecule has 0 aliphatic carbocycles. The van der Waals surface area contributed by atoms with Crippen LogP contribution >= 0.6 is 11.6 Å². The van der Waals surface area contributed by atoms with Crippen LogP contribution in [0.4, 0.5) is 0 Å². The van der Waals surface area contributed by atoms with Gasteiger partial charge in [-0.2, -0.15) is 0 Å². The lowest BCUT2D eigenvalue weighted by atomic mass is 10.1. The molecule has 2 atom stereocenters. The molecule has 5 nitrogen and oxygen atoms in total. The Labute approximate surface area is 108 Å². The summed E-state index contributed by atoms with van der Waals surface area (Å²) in [6.07, 6.45) is -0.177. The van der Waals surface area contributed by atoms with E-state index >= 15 is 0 Å². The maximum absolute atomic E-state index is 11.1. The van der Waals surface area contributed by atoms with Crippen LogP contribution in [0, 0.1) is 0 Å². The third-order valence-electron chi connectivity index (χ3n) is 2.93. The van der Waals surface area contributed by atoms with Crippen LogP contribution in [0.2, 0.25) is 0 Å². The molecule has 2 unspecified atom stereocenters. The molecule has 96 valence electrons. The van der Waals surface area contributed by atoms with Gasteiger partial charge in [0.05, 0.1) is 30.7 Å². The zero-order valence-electron chi connectivity index (χ0n) is 9.52. The number of aromatic nitrogens is 1. The van der Waals surface area contributed by atoms with Gasteiger partial charge in [0.2, 0.25) is 0 Å². The van der Waals surface area contributed by atoms with E-state index in [1.165, 1.54) is 0 Å². The Kier molecular flexibility index (Phi) is 3.11. The number of aromatic amines is 1. The summed E-state index contributed by atoms with van der Waals surface area (Å²) in [5, 5.41) is -0.324. The second-order valence-corrected chi connectivity index (χ2v) is 4.63. The maximum Gasteiger partial charge on any atom is 0.417 e. The molecule has 1 saturated heterocycles. The van der Waals surface area contributed by atoms with Gasteiger partial charge < -0.3 is 13.9 Å². The lowest BCUT2D eigenvalue weighted by Crippen LogP contribution is -2.31. The molecule has 0 amide bonds. The number of hydrogen-bond donors (Lipinski definition) is 1. The van der Waals surface area contributed by atoms with Crippen molar-refractivity contribution in [2.75, 3.05) is 19.8 Å². The fourth-order valence-corrected chi connectivity index (χ4v) is 2.30. The third kappa shape index (κ3) is 2.16. The van der Waals surface area contributed by atoms with E-state index in [-0.39, 0.29) is 11.5 Å².